The Balaban J connectivity index is 2.03. The maximum Gasteiger partial charge on any atom is 0.295 e. The van der Waals surface area contributed by atoms with Gasteiger partial charge in [0.05, 0.1) is 11.8 Å². The molecule has 148 valence electrons. The van der Waals surface area contributed by atoms with Crippen LogP contribution in [0.3, 0.4) is 0 Å². The molecular formula is C21H23ClN2O4. The van der Waals surface area contributed by atoms with Gasteiger partial charge in [0.15, 0.2) is 0 Å². The van der Waals surface area contributed by atoms with Crippen LogP contribution in [0.2, 0.25) is 5.02 Å². The Labute approximate surface area is 169 Å². The van der Waals surface area contributed by atoms with Crippen molar-refractivity contribution >= 4 is 29.1 Å². The van der Waals surface area contributed by atoms with Crippen LogP contribution in [0.25, 0.3) is 5.76 Å². The second kappa shape index (κ2) is 8.63. The first-order valence-electron chi connectivity index (χ1n) is 9.28. The highest BCUT2D eigenvalue weighted by molar-refractivity contribution is 6.46. The van der Waals surface area contributed by atoms with Crippen LogP contribution in [-0.4, -0.2) is 52.8 Å². The van der Waals surface area contributed by atoms with Crippen molar-refractivity contribution in [1.29, 1.82) is 0 Å². The minimum atomic E-state index is -0.763. The first-order chi connectivity index (χ1) is 13.5. The fourth-order valence-corrected chi connectivity index (χ4v) is 3.53. The number of Topliss-reactive ketones (excluding diaryl/α,β-unsaturated/α-hetero) is 1. The fraction of sp³-hybridized carbons (Fsp3) is 0.333. The van der Waals surface area contributed by atoms with E-state index < -0.39 is 17.7 Å². The zero-order valence-electron chi connectivity index (χ0n) is 15.9. The molecule has 1 amide bonds. The third-order valence-corrected chi connectivity index (χ3v) is 5.27. The number of carbonyl (C=O) groups excluding carboxylic acids is 2. The lowest BCUT2D eigenvalue weighted by Crippen LogP contribution is -2.37. The highest BCUT2D eigenvalue weighted by atomic mass is 35.5. The molecule has 6 nitrogen and oxygen atoms in total. The van der Waals surface area contributed by atoms with Crippen LogP contribution >= 0.6 is 11.6 Å². The number of halogens is 1. The van der Waals surface area contributed by atoms with E-state index in [1.54, 1.807) is 36.4 Å². The molecule has 2 aromatic rings. The molecule has 1 atom stereocenters. The monoisotopic (exact) mass is 402 g/mol. The Bertz CT molecular complexity index is 870. The van der Waals surface area contributed by atoms with Crippen LogP contribution in [0, 0.1) is 0 Å². The van der Waals surface area contributed by atoms with E-state index in [1.165, 1.54) is 11.2 Å². The van der Waals surface area contributed by atoms with Gasteiger partial charge in [0, 0.05) is 23.7 Å². The third kappa shape index (κ3) is 3.84. The van der Waals surface area contributed by atoms with Crippen LogP contribution in [0.1, 0.15) is 31.2 Å². The van der Waals surface area contributed by atoms with Crippen molar-refractivity contribution < 1.29 is 19.1 Å². The number of furan rings is 1. The Hall–Kier alpha value is -2.57. The molecule has 1 fully saturated rings. The Morgan fingerprint density at radius 1 is 1.18 bits per heavy atom. The summed E-state index contributed by atoms with van der Waals surface area (Å²) in [5, 5.41) is 11.4. The molecule has 2 heterocycles. The number of benzene rings is 1. The standard InChI is InChI=1S/C21H23ClN2O4/c1-3-23(4-2)11-12-24-18(16-6-5-13-28-16)17(20(26)21(24)27)19(25)14-7-9-15(22)10-8-14/h5-10,13,18,25H,3-4,11-12H2,1-2H3/b19-17-. The summed E-state index contributed by atoms with van der Waals surface area (Å²) in [5.41, 5.74) is 0.449. The maximum atomic E-state index is 12.8. The van der Waals surface area contributed by atoms with Crippen LogP contribution in [0.5, 0.6) is 0 Å². The number of likely N-dealkylation sites (tertiary alicyclic amines) is 1. The van der Waals surface area contributed by atoms with Gasteiger partial charge < -0.3 is 19.3 Å². The third-order valence-electron chi connectivity index (χ3n) is 5.02. The van der Waals surface area contributed by atoms with Crippen LogP contribution in [-0.2, 0) is 9.59 Å². The Morgan fingerprint density at radius 3 is 2.43 bits per heavy atom. The van der Waals surface area contributed by atoms with E-state index >= 15 is 0 Å². The summed E-state index contributed by atoms with van der Waals surface area (Å²) in [6, 6.07) is 9.10. The predicted molar refractivity (Wildman–Crippen MR) is 107 cm³/mol. The predicted octanol–water partition coefficient (Wildman–Crippen LogP) is 3.70. The summed E-state index contributed by atoms with van der Waals surface area (Å²) < 4.78 is 5.51. The second-order valence-electron chi connectivity index (χ2n) is 6.54. The molecule has 3 rings (SSSR count). The molecule has 0 bridgehead atoms. The van der Waals surface area contributed by atoms with Gasteiger partial charge in [-0.3, -0.25) is 9.59 Å². The first-order valence-corrected chi connectivity index (χ1v) is 9.65. The number of amides is 1. The average Bonchev–Trinajstić information content (AvgIpc) is 3.31. The molecule has 1 N–H and O–H groups in total. The molecule has 0 saturated carbocycles. The molecule has 1 aliphatic rings. The van der Waals surface area contributed by atoms with Gasteiger partial charge in [-0.2, -0.15) is 0 Å². The minimum Gasteiger partial charge on any atom is -0.507 e. The zero-order chi connectivity index (χ0) is 20.3. The molecule has 28 heavy (non-hydrogen) atoms. The largest absolute Gasteiger partial charge is 0.507 e. The number of aliphatic hydroxyl groups is 1. The summed E-state index contributed by atoms with van der Waals surface area (Å²) in [4.78, 5) is 29.2. The number of aliphatic hydroxyl groups excluding tert-OH is 1. The van der Waals surface area contributed by atoms with E-state index in [9.17, 15) is 14.7 Å². The molecule has 1 aromatic heterocycles. The van der Waals surface area contributed by atoms with Gasteiger partial charge in [-0.15, -0.1) is 0 Å². The molecule has 0 radical (unpaired) electrons. The van der Waals surface area contributed by atoms with Crippen molar-refractivity contribution in [3.8, 4) is 0 Å². The van der Waals surface area contributed by atoms with Crippen molar-refractivity contribution in [2.24, 2.45) is 0 Å². The van der Waals surface area contributed by atoms with Gasteiger partial charge in [-0.25, -0.2) is 0 Å². The van der Waals surface area contributed by atoms with E-state index in [4.69, 9.17) is 16.0 Å². The number of hydrogen-bond acceptors (Lipinski definition) is 5. The molecule has 1 aromatic carbocycles. The van der Waals surface area contributed by atoms with Gasteiger partial charge in [0.2, 0.25) is 0 Å². The summed E-state index contributed by atoms with van der Waals surface area (Å²) in [5.74, 6) is -1.14. The Kier molecular flexibility index (Phi) is 6.21. The molecule has 7 heteroatoms. The van der Waals surface area contributed by atoms with Crippen LogP contribution < -0.4 is 0 Å². The molecule has 0 spiro atoms. The number of likely N-dealkylation sites (N-methyl/N-ethyl adjacent to an activating group) is 1. The number of carbonyl (C=O) groups is 2. The van der Waals surface area contributed by atoms with Crippen LogP contribution in [0.15, 0.2) is 52.7 Å². The second-order valence-corrected chi connectivity index (χ2v) is 6.98. The highest BCUT2D eigenvalue weighted by Crippen LogP contribution is 2.39. The summed E-state index contributed by atoms with van der Waals surface area (Å²) in [6.45, 7) is 6.75. The van der Waals surface area contributed by atoms with Crippen molar-refractivity contribution in [2.45, 2.75) is 19.9 Å². The minimum absolute atomic E-state index is 0.0295. The average molecular weight is 403 g/mol. The van der Waals surface area contributed by atoms with Gasteiger partial charge in [0.1, 0.15) is 17.6 Å². The fourth-order valence-electron chi connectivity index (χ4n) is 3.41. The number of hydrogen-bond donors (Lipinski definition) is 1. The number of ketones is 1. The molecule has 1 unspecified atom stereocenters. The lowest BCUT2D eigenvalue weighted by atomic mass is 9.99. The van der Waals surface area contributed by atoms with E-state index in [2.05, 4.69) is 4.90 Å². The topological polar surface area (TPSA) is 74.0 Å². The van der Waals surface area contributed by atoms with Gasteiger partial charge in [0.25, 0.3) is 11.7 Å². The summed E-state index contributed by atoms with van der Waals surface area (Å²) in [6.07, 6.45) is 1.49. The SMILES string of the molecule is CCN(CC)CCN1C(=O)C(=O)/C(=C(\O)c2ccc(Cl)cc2)C1c1ccco1. The molecule has 1 saturated heterocycles. The first kappa shape index (κ1) is 20.2. The van der Waals surface area contributed by atoms with Crippen molar-refractivity contribution in [3.63, 3.8) is 0 Å². The van der Waals surface area contributed by atoms with Gasteiger partial charge >= 0.3 is 0 Å². The molecule has 1 aliphatic heterocycles. The van der Waals surface area contributed by atoms with Crippen LogP contribution in [0.4, 0.5) is 0 Å². The van der Waals surface area contributed by atoms with Crippen molar-refractivity contribution in [1.82, 2.24) is 9.80 Å². The Morgan fingerprint density at radius 2 is 1.86 bits per heavy atom. The molecule has 0 aliphatic carbocycles. The zero-order valence-corrected chi connectivity index (χ0v) is 16.6. The lowest BCUT2D eigenvalue weighted by Gasteiger charge is -2.26. The van der Waals surface area contributed by atoms with Gasteiger partial charge in [-0.1, -0.05) is 25.4 Å². The smallest absolute Gasteiger partial charge is 0.295 e. The van der Waals surface area contributed by atoms with Crippen molar-refractivity contribution in [2.75, 3.05) is 26.2 Å². The maximum absolute atomic E-state index is 12.8. The molecular weight excluding hydrogens is 380 g/mol. The quantitative estimate of drug-likeness (QED) is 0.434. The number of nitrogens with zero attached hydrogens (tertiary/aromatic N) is 2. The normalized spacial score (nSPS) is 19.0. The van der Waals surface area contributed by atoms with Gasteiger partial charge in [-0.05, 0) is 49.5 Å². The number of rotatable bonds is 7. The van der Waals surface area contributed by atoms with E-state index in [1.807, 2.05) is 13.8 Å². The van der Waals surface area contributed by atoms with Crippen molar-refractivity contribution in [3.05, 3.63) is 64.6 Å². The van der Waals surface area contributed by atoms with E-state index in [-0.39, 0.29) is 11.3 Å². The van der Waals surface area contributed by atoms with E-state index in [0.717, 1.165) is 13.1 Å². The summed E-state index contributed by atoms with van der Waals surface area (Å²) >= 11 is 5.91. The summed E-state index contributed by atoms with van der Waals surface area (Å²) in [7, 11) is 0. The lowest BCUT2D eigenvalue weighted by molar-refractivity contribution is -0.140. The highest BCUT2D eigenvalue weighted by Gasteiger charge is 2.47. The van der Waals surface area contributed by atoms with E-state index in [0.29, 0.717) is 29.4 Å².